The van der Waals surface area contributed by atoms with Crippen LogP contribution in [0.4, 0.5) is 0 Å². The number of hydrogen-bond acceptors (Lipinski definition) is 2. The maximum atomic E-state index is 11.5. The van der Waals surface area contributed by atoms with Crippen LogP contribution in [0.2, 0.25) is 0 Å². The zero-order valence-electron chi connectivity index (χ0n) is 11.1. The summed E-state index contributed by atoms with van der Waals surface area (Å²) in [4.78, 5) is 14.1. The van der Waals surface area contributed by atoms with Gasteiger partial charge in [0.25, 0.3) is 0 Å². The summed E-state index contributed by atoms with van der Waals surface area (Å²) in [5.41, 5.74) is 0. The van der Waals surface area contributed by atoms with Crippen LogP contribution in [0.3, 0.4) is 0 Å². The molecule has 17 heavy (non-hydrogen) atoms. The van der Waals surface area contributed by atoms with E-state index >= 15 is 0 Å². The average Bonchev–Trinajstić information content (AvgIpc) is 3.19. The van der Waals surface area contributed by atoms with Gasteiger partial charge in [0.05, 0.1) is 0 Å². The molecule has 2 aliphatic rings. The molecule has 0 spiro atoms. The van der Waals surface area contributed by atoms with Gasteiger partial charge in [-0.25, -0.2) is 0 Å². The van der Waals surface area contributed by atoms with Crippen molar-refractivity contribution in [1.29, 1.82) is 0 Å². The molecule has 1 N–H and O–H groups in total. The van der Waals surface area contributed by atoms with E-state index < -0.39 is 0 Å². The third kappa shape index (κ3) is 3.98. The zero-order valence-corrected chi connectivity index (χ0v) is 11.1. The molecule has 3 heteroatoms. The lowest BCUT2D eigenvalue weighted by molar-refractivity contribution is -0.122. The minimum absolute atomic E-state index is 0.288. The first kappa shape index (κ1) is 12.9. The quantitative estimate of drug-likeness (QED) is 0.719. The predicted molar refractivity (Wildman–Crippen MR) is 69.9 cm³/mol. The van der Waals surface area contributed by atoms with E-state index in [4.69, 9.17) is 0 Å². The summed E-state index contributed by atoms with van der Waals surface area (Å²) < 4.78 is 0. The smallest absolute Gasteiger partial charge is 0.223 e. The second-order valence-corrected chi connectivity index (χ2v) is 5.51. The molecule has 0 radical (unpaired) electrons. The number of likely N-dealkylation sites (tertiary alicyclic amines) is 1. The van der Waals surface area contributed by atoms with Gasteiger partial charge in [0.15, 0.2) is 0 Å². The van der Waals surface area contributed by atoms with Crippen LogP contribution in [0.25, 0.3) is 0 Å². The number of carbonyl (C=O) groups is 1. The van der Waals surface area contributed by atoms with Gasteiger partial charge in [0, 0.05) is 25.0 Å². The Balaban J connectivity index is 1.58. The Hall–Kier alpha value is -0.570. The summed E-state index contributed by atoms with van der Waals surface area (Å²) in [6, 6.07) is 0.794. The minimum Gasteiger partial charge on any atom is -0.356 e. The maximum Gasteiger partial charge on any atom is 0.223 e. The van der Waals surface area contributed by atoms with Gasteiger partial charge in [0.1, 0.15) is 0 Å². The van der Waals surface area contributed by atoms with E-state index in [2.05, 4.69) is 17.1 Å². The lowest BCUT2D eigenvalue weighted by atomic mass is 10.00. The lowest BCUT2D eigenvalue weighted by Gasteiger charge is -2.35. The van der Waals surface area contributed by atoms with Crippen LogP contribution in [-0.2, 0) is 4.79 Å². The van der Waals surface area contributed by atoms with E-state index in [9.17, 15) is 4.79 Å². The molecule has 1 heterocycles. The number of rotatable bonds is 6. The highest BCUT2D eigenvalue weighted by atomic mass is 16.2. The van der Waals surface area contributed by atoms with Crippen LogP contribution in [0.5, 0.6) is 0 Å². The third-order valence-electron chi connectivity index (χ3n) is 4.09. The number of carbonyl (C=O) groups excluding carboxylic acids is 1. The Kier molecular flexibility index (Phi) is 4.84. The molecule has 0 aromatic carbocycles. The largest absolute Gasteiger partial charge is 0.356 e. The minimum atomic E-state index is 0.288. The predicted octanol–water partition coefficient (Wildman–Crippen LogP) is 2.17. The molecular weight excluding hydrogens is 212 g/mol. The molecule has 2 rings (SSSR count). The molecule has 0 aromatic heterocycles. The average molecular weight is 238 g/mol. The Morgan fingerprint density at radius 3 is 2.82 bits per heavy atom. The van der Waals surface area contributed by atoms with Crippen LogP contribution in [0.15, 0.2) is 0 Å². The highest BCUT2D eigenvalue weighted by Gasteiger charge is 2.29. The van der Waals surface area contributed by atoms with Gasteiger partial charge in [-0.15, -0.1) is 0 Å². The monoisotopic (exact) mass is 238 g/mol. The van der Waals surface area contributed by atoms with Crippen LogP contribution >= 0.6 is 0 Å². The molecule has 1 amide bonds. The van der Waals surface area contributed by atoms with E-state index in [0.717, 1.165) is 38.4 Å². The molecule has 1 atom stereocenters. The van der Waals surface area contributed by atoms with E-state index in [-0.39, 0.29) is 5.91 Å². The SMILES string of the molecule is CCC1CCCCN1CCCNC(=O)C1CC1. The van der Waals surface area contributed by atoms with Crippen molar-refractivity contribution in [2.24, 2.45) is 5.92 Å². The molecule has 0 aromatic rings. The first-order chi connectivity index (χ1) is 8.31. The fraction of sp³-hybridized carbons (Fsp3) is 0.929. The normalized spacial score (nSPS) is 25.8. The van der Waals surface area contributed by atoms with Crippen molar-refractivity contribution in [3.63, 3.8) is 0 Å². The summed E-state index contributed by atoms with van der Waals surface area (Å²) in [7, 11) is 0. The van der Waals surface area contributed by atoms with Crippen molar-refractivity contribution in [3.8, 4) is 0 Å². The summed E-state index contributed by atoms with van der Waals surface area (Å²) >= 11 is 0. The molecule has 1 saturated heterocycles. The van der Waals surface area contributed by atoms with Crippen LogP contribution in [-0.4, -0.2) is 36.5 Å². The summed E-state index contributed by atoms with van der Waals surface area (Å²) in [6.07, 6.45) is 8.71. The number of nitrogens with one attached hydrogen (secondary N) is 1. The van der Waals surface area contributed by atoms with Crippen molar-refractivity contribution in [3.05, 3.63) is 0 Å². The number of hydrogen-bond donors (Lipinski definition) is 1. The van der Waals surface area contributed by atoms with E-state index in [1.165, 1.54) is 32.2 Å². The summed E-state index contributed by atoms with van der Waals surface area (Å²) in [5.74, 6) is 0.643. The molecule has 1 aliphatic heterocycles. The standard InChI is InChI=1S/C14H26N2O/c1-2-13-6-3-4-10-16(13)11-5-9-15-14(17)12-7-8-12/h12-13H,2-11H2,1H3,(H,15,17). The molecular formula is C14H26N2O. The molecule has 1 aliphatic carbocycles. The van der Waals surface area contributed by atoms with Crippen molar-refractivity contribution in [2.45, 2.75) is 57.9 Å². The van der Waals surface area contributed by atoms with Crippen molar-refractivity contribution < 1.29 is 4.79 Å². The van der Waals surface area contributed by atoms with Crippen LogP contribution < -0.4 is 5.32 Å². The Bertz CT molecular complexity index is 251. The van der Waals surface area contributed by atoms with Gasteiger partial charge in [-0.1, -0.05) is 13.3 Å². The van der Waals surface area contributed by atoms with Crippen molar-refractivity contribution in [1.82, 2.24) is 10.2 Å². The Morgan fingerprint density at radius 2 is 2.12 bits per heavy atom. The fourth-order valence-electron chi connectivity index (χ4n) is 2.80. The Labute approximate surface area is 105 Å². The molecule has 1 unspecified atom stereocenters. The van der Waals surface area contributed by atoms with E-state index in [1.807, 2.05) is 0 Å². The maximum absolute atomic E-state index is 11.5. The first-order valence-corrected chi connectivity index (χ1v) is 7.33. The van der Waals surface area contributed by atoms with Crippen LogP contribution in [0, 0.1) is 5.92 Å². The second-order valence-electron chi connectivity index (χ2n) is 5.51. The zero-order chi connectivity index (χ0) is 12.1. The van der Waals surface area contributed by atoms with Gasteiger partial charge in [-0.3, -0.25) is 4.79 Å². The van der Waals surface area contributed by atoms with E-state index in [1.54, 1.807) is 0 Å². The van der Waals surface area contributed by atoms with Gasteiger partial charge < -0.3 is 10.2 Å². The third-order valence-corrected chi connectivity index (χ3v) is 4.09. The highest BCUT2D eigenvalue weighted by molar-refractivity contribution is 5.80. The van der Waals surface area contributed by atoms with E-state index in [0.29, 0.717) is 5.92 Å². The van der Waals surface area contributed by atoms with Gasteiger partial charge in [0.2, 0.25) is 5.91 Å². The van der Waals surface area contributed by atoms with Gasteiger partial charge in [-0.05, 0) is 45.1 Å². The topological polar surface area (TPSA) is 32.3 Å². The molecule has 1 saturated carbocycles. The summed E-state index contributed by atoms with van der Waals surface area (Å²) in [5, 5.41) is 3.05. The molecule has 0 bridgehead atoms. The Morgan fingerprint density at radius 1 is 1.29 bits per heavy atom. The number of nitrogens with zero attached hydrogens (tertiary/aromatic N) is 1. The molecule has 98 valence electrons. The van der Waals surface area contributed by atoms with Gasteiger partial charge >= 0.3 is 0 Å². The lowest BCUT2D eigenvalue weighted by Crippen LogP contribution is -2.40. The fourth-order valence-corrected chi connectivity index (χ4v) is 2.80. The highest BCUT2D eigenvalue weighted by Crippen LogP contribution is 2.28. The first-order valence-electron chi connectivity index (χ1n) is 7.33. The van der Waals surface area contributed by atoms with Crippen LogP contribution in [0.1, 0.15) is 51.9 Å². The molecule has 2 fully saturated rings. The van der Waals surface area contributed by atoms with Crippen molar-refractivity contribution >= 4 is 5.91 Å². The number of piperidine rings is 1. The second kappa shape index (κ2) is 6.39. The summed E-state index contributed by atoms with van der Waals surface area (Å²) in [6.45, 7) is 5.57. The van der Waals surface area contributed by atoms with Gasteiger partial charge in [-0.2, -0.15) is 0 Å². The number of amides is 1. The van der Waals surface area contributed by atoms with Crippen molar-refractivity contribution in [2.75, 3.05) is 19.6 Å². The molecule has 3 nitrogen and oxygen atoms in total.